The summed E-state index contributed by atoms with van der Waals surface area (Å²) >= 11 is 9.45. The van der Waals surface area contributed by atoms with Crippen LogP contribution < -0.4 is 5.32 Å². The molecule has 1 N–H and O–H groups in total. The van der Waals surface area contributed by atoms with Crippen LogP contribution in [-0.2, 0) is 10.5 Å². The van der Waals surface area contributed by atoms with Crippen molar-refractivity contribution >= 4 is 41.0 Å². The first-order chi connectivity index (χ1) is 11.1. The number of nitrogens with one attached hydrogen (secondary N) is 1. The van der Waals surface area contributed by atoms with Gasteiger partial charge in [0.15, 0.2) is 0 Å². The monoisotopic (exact) mass is 365 g/mol. The van der Waals surface area contributed by atoms with Crippen molar-refractivity contribution in [3.8, 4) is 0 Å². The topological polar surface area (TPSA) is 29.1 Å². The molecule has 0 heterocycles. The number of benzene rings is 2. The molecule has 0 atom stereocenters. The van der Waals surface area contributed by atoms with Gasteiger partial charge in [-0.05, 0) is 30.7 Å². The van der Waals surface area contributed by atoms with Gasteiger partial charge in [0.2, 0.25) is 5.91 Å². The number of carbonyl (C=O) groups excluding carboxylic acids is 1. The molecule has 0 aromatic heterocycles. The average molecular weight is 366 g/mol. The summed E-state index contributed by atoms with van der Waals surface area (Å²) in [5.74, 6) is 2.28. The van der Waals surface area contributed by atoms with Crippen LogP contribution in [0.1, 0.15) is 11.1 Å². The molecule has 0 bridgehead atoms. The molecule has 0 aliphatic rings. The molecule has 5 heteroatoms. The number of amides is 1. The Morgan fingerprint density at radius 3 is 2.61 bits per heavy atom. The number of thioether (sulfide) groups is 2. The van der Waals surface area contributed by atoms with Crippen LogP contribution in [0.5, 0.6) is 0 Å². The Morgan fingerprint density at radius 2 is 1.87 bits per heavy atom. The Hall–Kier alpha value is -1.10. The molecule has 0 spiro atoms. The molecular weight excluding hydrogens is 346 g/mol. The summed E-state index contributed by atoms with van der Waals surface area (Å²) in [5.41, 5.74) is 2.37. The van der Waals surface area contributed by atoms with E-state index in [4.69, 9.17) is 11.6 Å². The maximum Gasteiger partial charge on any atom is 0.230 e. The molecule has 0 aliphatic carbocycles. The lowest BCUT2D eigenvalue weighted by Crippen LogP contribution is -2.27. The highest BCUT2D eigenvalue weighted by Gasteiger charge is 2.03. The molecule has 2 aromatic carbocycles. The van der Waals surface area contributed by atoms with Crippen LogP contribution in [0.3, 0.4) is 0 Å². The van der Waals surface area contributed by atoms with Gasteiger partial charge in [0, 0.05) is 28.0 Å². The molecule has 2 rings (SSSR count). The van der Waals surface area contributed by atoms with Gasteiger partial charge in [-0.3, -0.25) is 4.79 Å². The van der Waals surface area contributed by atoms with E-state index in [2.05, 4.69) is 24.4 Å². The predicted molar refractivity (Wildman–Crippen MR) is 103 cm³/mol. The van der Waals surface area contributed by atoms with Gasteiger partial charge in [-0.25, -0.2) is 0 Å². The van der Waals surface area contributed by atoms with Gasteiger partial charge in [0.1, 0.15) is 0 Å². The Balaban J connectivity index is 1.58. The van der Waals surface area contributed by atoms with Crippen molar-refractivity contribution in [3.63, 3.8) is 0 Å². The van der Waals surface area contributed by atoms with Gasteiger partial charge >= 0.3 is 0 Å². The summed E-state index contributed by atoms with van der Waals surface area (Å²) in [4.78, 5) is 12.9. The van der Waals surface area contributed by atoms with Crippen molar-refractivity contribution in [2.75, 3.05) is 18.1 Å². The second-order valence-electron chi connectivity index (χ2n) is 5.10. The fraction of sp³-hybridized carbons (Fsp3) is 0.278. The van der Waals surface area contributed by atoms with Crippen LogP contribution in [-0.4, -0.2) is 24.0 Å². The Bertz CT molecular complexity index is 631. The molecule has 0 fully saturated rings. The fourth-order valence-corrected chi connectivity index (χ4v) is 3.77. The second kappa shape index (κ2) is 9.91. The largest absolute Gasteiger partial charge is 0.355 e. The number of rotatable bonds is 8. The molecule has 2 aromatic rings. The minimum Gasteiger partial charge on any atom is -0.355 e. The lowest BCUT2D eigenvalue weighted by atomic mass is 10.2. The second-order valence-corrected chi connectivity index (χ2v) is 7.66. The summed E-state index contributed by atoms with van der Waals surface area (Å²) < 4.78 is 0. The highest BCUT2D eigenvalue weighted by atomic mass is 35.5. The fourth-order valence-electron chi connectivity index (χ4n) is 1.89. The van der Waals surface area contributed by atoms with Crippen molar-refractivity contribution < 1.29 is 4.79 Å². The SMILES string of the molecule is Cc1ccc(SCC(=O)NCCSCc2ccccc2Cl)cc1. The number of hydrogen-bond acceptors (Lipinski definition) is 3. The first-order valence-electron chi connectivity index (χ1n) is 7.42. The molecule has 0 saturated heterocycles. The lowest BCUT2D eigenvalue weighted by Gasteiger charge is -2.06. The summed E-state index contributed by atoms with van der Waals surface area (Å²) in [5, 5.41) is 3.76. The first kappa shape index (κ1) is 18.2. The van der Waals surface area contributed by atoms with E-state index in [0.717, 1.165) is 27.0 Å². The van der Waals surface area contributed by atoms with Crippen molar-refractivity contribution in [1.29, 1.82) is 0 Å². The van der Waals surface area contributed by atoms with E-state index in [1.54, 1.807) is 23.5 Å². The van der Waals surface area contributed by atoms with Crippen LogP contribution in [0.15, 0.2) is 53.4 Å². The Kier molecular flexibility index (Phi) is 7.86. The maximum absolute atomic E-state index is 11.8. The van der Waals surface area contributed by atoms with Gasteiger partial charge < -0.3 is 5.32 Å². The zero-order valence-electron chi connectivity index (χ0n) is 13.0. The lowest BCUT2D eigenvalue weighted by molar-refractivity contribution is -0.118. The van der Waals surface area contributed by atoms with Crippen LogP contribution in [0.25, 0.3) is 0 Å². The van der Waals surface area contributed by atoms with Gasteiger partial charge in [0.05, 0.1) is 5.75 Å². The molecule has 0 saturated carbocycles. The Labute approximate surface area is 151 Å². The van der Waals surface area contributed by atoms with Crippen LogP contribution >= 0.6 is 35.1 Å². The van der Waals surface area contributed by atoms with Crippen molar-refractivity contribution in [2.45, 2.75) is 17.6 Å². The average Bonchev–Trinajstić information content (AvgIpc) is 2.55. The van der Waals surface area contributed by atoms with Crippen molar-refractivity contribution in [2.24, 2.45) is 0 Å². The molecule has 122 valence electrons. The highest BCUT2D eigenvalue weighted by Crippen LogP contribution is 2.20. The standard InChI is InChI=1S/C18H20ClNOS2/c1-14-6-8-16(9-7-14)23-13-18(21)20-10-11-22-12-15-4-2-3-5-17(15)19/h2-9H,10-13H2,1H3,(H,20,21). The molecule has 0 radical (unpaired) electrons. The number of aryl methyl sites for hydroxylation is 1. The predicted octanol–water partition coefficient (Wildman–Crippen LogP) is 4.79. The molecule has 23 heavy (non-hydrogen) atoms. The quantitative estimate of drug-likeness (QED) is 0.538. The molecule has 2 nitrogen and oxygen atoms in total. The van der Waals surface area contributed by atoms with Crippen LogP contribution in [0.4, 0.5) is 0 Å². The number of hydrogen-bond donors (Lipinski definition) is 1. The van der Waals surface area contributed by atoms with Crippen LogP contribution in [0.2, 0.25) is 5.02 Å². The van der Waals surface area contributed by atoms with E-state index in [1.807, 2.05) is 36.4 Å². The van der Waals surface area contributed by atoms with Crippen molar-refractivity contribution in [3.05, 3.63) is 64.7 Å². The van der Waals surface area contributed by atoms with Gasteiger partial charge in [-0.1, -0.05) is 47.5 Å². The molecule has 1 amide bonds. The minimum absolute atomic E-state index is 0.0777. The third-order valence-corrected chi connectivity index (χ3v) is 5.56. The molecular formula is C18H20ClNOS2. The summed E-state index contributed by atoms with van der Waals surface area (Å²) in [6.07, 6.45) is 0. The third kappa shape index (κ3) is 6.90. The van der Waals surface area contributed by atoms with E-state index >= 15 is 0 Å². The van der Waals surface area contributed by atoms with E-state index in [0.29, 0.717) is 12.3 Å². The summed E-state index contributed by atoms with van der Waals surface area (Å²) in [6.45, 7) is 2.74. The Morgan fingerprint density at radius 1 is 1.13 bits per heavy atom. The smallest absolute Gasteiger partial charge is 0.230 e. The number of halogens is 1. The minimum atomic E-state index is 0.0777. The van der Waals surface area contributed by atoms with Crippen molar-refractivity contribution in [1.82, 2.24) is 5.32 Å². The normalized spacial score (nSPS) is 10.5. The highest BCUT2D eigenvalue weighted by molar-refractivity contribution is 8.00. The van der Waals surface area contributed by atoms with E-state index in [9.17, 15) is 4.79 Å². The summed E-state index contributed by atoms with van der Waals surface area (Å²) in [7, 11) is 0. The van der Waals surface area contributed by atoms with Gasteiger partial charge in [-0.2, -0.15) is 11.8 Å². The zero-order chi connectivity index (χ0) is 16.5. The van der Waals surface area contributed by atoms with E-state index in [1.165, 1.54) is 5.56 Å². The van der Waals surface area contributed by atoms with Crippen LogP contribution in [0, 0.1) is 6.92 Å². The van der Waals surface area contributed by atoms with Gasteiger partial charge in [-0.15, -0.1) is 11.8 Å². The zero-order valence-corrected chi connectivity index (χ0v) is 15.4. The van der Waals surface area contributed by atoms with E-state index < -0.39 is 0 Å². The maximum atomic E-state index is 11.8. The molecule has 0 unspecified atom stereocenters. The number of carbonyl (C=O) groups is 1. The van der Waals surface area contributed by atoms with Gasteiger partial charge in [0.25, 0.3) is 0 Å². The van der Waals surface area contributed by atoms with E-state index in [-0.39, 0.29) is 5.91 Å². The first-order valence-corrected chi connectivity index (χ1v) is 9.94. The molecule has 0 aliphatic heterocycles. The summed E-state index contributed by atoms with van der Waals surface area (Å²) in [6, 6.07) is 16.1. The third-order valence-electron chi connectivity index (χ3n) is 3.17.